The maximum Gasteiger partial charge on any atom is 0.221 e. The van der Waals surface area contributed by atoms with Gasteiger partial charge in [-0.15, -0.1) is 0 Å². The Bertz CT molecular complexity index is 847. The van der Waals surface area contributed by atoms with Crippen molar-refractivity contribution >= 4 is 11.6 Å². The lowest BCUT2D eigenvalue weighted by Gasteiger charge is -2.40. The molecule has 2 aliphatic heterocycles. The molecule has 4 rings (SSSR count). The van der Waals surface area contributed by atoms with E-state index >= 15 is 0 Å². The van der Waals surface area contributed by atoms with Gasteiger partial charge in [-0.2, -0.15) is 0 Å². The molecule has 2 fully saturated rings. The molecule has 2 aliphatic rings. The van der Waals surface area contributed by atoms with Crippen molar-refractivity contribution < 1.29 is 4.79 Å². The van der Waals surface area contributed by atoms with Crippen molar-refractivity contribution in [1.82, 2.24) is 9.80 Å². The number of nitrogens with zero attached hydrogens (tertiary/aromatic N) is 2. The number of likely N-dealkylation sites (tertiary alicyclic amines) is 2. The summed E-state index contributed by atoms with van der Waals surface area (Å²) < 4.78 is 0. The SMILES string of the molecule is CC(=O)Nc1ccc(CN2CCC3(CCCN(Cc4cccc(C)c4)C3)C2)cc1. The molecule has 0 saturated carbocycles. The summed E-state index contributed by atoms with van der Waals surface area (Å²) in [6.45, 7) is 10.6. The summed E-state index contributed by atoms with van der Waals surface area (Å²) in [6, 6.07) is 17.2. The molecular formula is C25H33N3O. The zero-order valence-electron chi connectivity index (χ0n) is 17.8. The number of aryl methyl sites for hydroxylation is 1. The molecule has 2 heterocycles. The Balaban J connectivity index is 1.33. The molecule has 1 N–H and O–H groups in total. The molecular weight excluding hydrogens is 358 g/mol. The first-order valence-electron chi connectivity index (χ1n) is 10.9. The average Bonchev–Trinajstić information content (AvgIpc) is 3.04. The topological polar surface area (TPSA) is 35.6 Å². The molecule has 2 saturated heterocycles. The van der Waals surface area contributed by atoms with Crippen LogP contribution in [-0.2, 0) is 17.9 Å². The first kappa shape index (κ1) is 20.1. The second-order valence-electron chi connectivity index (χ2n) is 9.14. The highest BCUT2D eigenvalue weighted by molar-refractivity contribution is 5.88. The molecule has 4 nitrogen and oxygen atoms in total. The monoisotopic (exact) mass is 391 g/mol. The number of piperidine rings is 1. The Morgan fingerprint density at radius 3 is 2.41 bits per heavy atom. The summed E-state index contributed by atoms with van der Waals surface area (Å²) in [5, 5.41) is 2.84. The molecule has 2 aromatic rings. The van der Waals surface area contributed by atoms with Crippen LogP contribution in [0.3, 0.4) is 0 Å². The molecule has 1 atom stereocenters. The molecule has 0 aromatic heterocycles. The van der Waals surface area contributed by atoms with Gasteiger partial charge in [0.2, 0.25) is 5.91 Å². The van der Waals surface area contributed by atoms with E-state index in [0.29, 0.717) is 5.41 Å². The Morgan fingerprint density at radius 1 is 0.966 bits per heavy atom. The predicted molar refractivity (Wildman–Crippen MR) is 119 cm³/mol. The fraction of sp³-hybridized carbons (Fsp3) is 0.480. The van der Waals surface area contributed by atoms with Gasteiger partial charge >= 0.3 is 0 Å². The number of anilines is 1. The van der Waals surface area contributed by atoms with Crippen molar-refractivity contribution in [2.75, 3.05) is 31.5 Å². The Labute approximate surface area is 174 Å². The molecule has 0 bridgehead atoms. The quantitative estimate of drug-likeness (QED) is 0.818. The smallest absolute Gasteiger partial charge is 0.221 e. The zero-order chi connectivity index (χ0) is 20.3. The number of carbonyl (C=O) groups excluding carboxylic acids is 1. The first-order chi connectivity index (χ1) is 14.0. The second kappa shape index (κ2) is 8.68. The third kappa shape index (κ3) is 5.26. The van der Waals surface area contributed by atoms with Gasteiger partial charge in [0.15, 0.2) is 0 Å². The molecule has 154 valence electrons. The Hall–Kier alpha value is -2.17. The van der Waals surface area contributed by atoms with Gasteiger partial charge in [-0.25, -0.2) is 0 Å². The van der Waals surface area contributed by atoms with Gasteiger partial charge in [-0.3, -0.25) is 14.6 Å². The van der Waals surface area contributed by atoms with Crippen LogP contribution in [0, 0.1) is 12.3 Å². The van der Waals surface area contributed by atoms with Crippen molar-refractivity contribution in [3.8, 4) is 0 Å². The van der Waals surface area contributed by atoms with E-state index in [9.17, 15) is 4.79 Å². The summed E-state index contributed by atoms with van der Waals surface area (Å²) in [7, 11) is 0. The lowest BCUT2D eigenvalue weighted by molar-refractivity contribution is -0.114. The minimum atomic E-state index is -0.0215. The van der Waals surface area contributed by atoms with Crippen LogP contribution in [0.1, 0.15) is 42.9 Å². The third-order valence-electron chi connectivity index (χ3n) is 6.43. The van der Waals surface area contributed by atoms with Gasteiger partial charge in [0.25, 0.3) is 0 Å². The number of carbonyl (C=O) groups is 1. The molecule has 1 unspecified atom stereocenters. The maximum atomic E-state index is 11.2. The van der Waals surface area contributed by atoms with Crippen LogP contribution in [0.15, 0.2) is 48.5 Å². The second-order valence-corrected chi connectivity index (χ2v) is 9.14. The van der Waals surface area contributed by atoms with Crippen LogP contribution < -0.4 is 5.32 Å². The number of amides is 1. The molecule has 2 aromatic carbocycles. The van der Waals surface area contributed by atoms with Crippen molar-refractivity contribution in [1.29, 1.82) is 0 Å². The van der Waals surface area contributed by atoms with E-state index in [0.717, 1.165) is 18.8 Å². The van der Waals surface area contributed by atoms with E-state index in [2.05, 4.69) is 58.4 Å². The fourth-order valence-corrected chi connectivity index (χ4v) is 5.16. The van der Waals surface area contributed by atoms with Gasteiger partial charge in [-0.05, 0) is 68.0 Å². The van der Waals surface area contributed by atoms with Crippen LogP contribution in [0.25, 0.3) is 0 Å². The number of rotatable bonds is 5. The molecule has 4 heteroatoms. The van der Waals surface area contributed by atoms with Crippen LogP contribution in [-0.4, -0.2) is 41.9 Å². The van der Waals surface area contributed by atoms with Gasteiger partial charge in [0.05, 0.1) is 0 Å². The zero-order valence-corrected chi connectivity index (χ0v) is 17.8. The van der Waals surface area contributed by atoms with Gasteiger partial charge in [0.1, 0.15) is 0 Å². The van der Waals surface area contributed by atoms with Crippen LogP contribution in [0.5, 0.6) is 0 Å². The van der Waals surface area contributed by atoms with Gasteiger partial charge in [-0.1, -0.05) is 42.0 Å². The van der Waals surface area contributed by atoms with E-state index in [4.69, 9.17) is 0 Å². The van der Waals surface area contributed by atoms with E-state index < -0.39 is 0 Å². The largest absolute Gasteiger partial charge is 0.326 e. The van der Waals surface area contributed by atoms with Gasteiger partial charge in [0, 0.05) is 38.8 Å². The molecule has 29 heavy (non-hydrogen) atoms. The number of hydrogen-bond acceptors (Lipinski definition) is 3. The van der Waals surface area contributed by atoms with Crippen molar-refractivity contribution in [3.05, 3.63) is 65.2 Å². The van der Waals surface area contributed by atoms with Crippen LogP contribution in [0.4, 0.5) is 5.69 Å². The van der Waals surface area contributed by atoms with Crippen molar-refractivity contribution in [2.24, 2.45) is 5.41 Å². The summed E-state index contributed by atoms with van der Waals surface area (Å²) in [4.78, 5) is 16.5. The predicted octanol–water partition coefficient (Wildman–Crippen LogP) is 4.44. The van der Waals surface area contributed by atoms with E-state index in [-0.39, 0.29) is 5.91 Å². The lowest BCUT2D eigenvalue weighted by Crippen LogP contribution is -2.44. The number of nitrogens with one attached hydrogen (secondary N) is 1. The molecule has 0 radical (unpaired) electrons. The van der Waals surface area contributed by atoms with Gasteiger partial charge < -0.3 is 5.32 Å². The van der Waals surface area contributed by atoms with Crippen molar-refractivity contribution in [3.63, 3.8) is 0 Å². The maximum absolute atomic E-state index is 11.2. The normalized spacial score (nSPS) is 22.8. The molecule has 0 aliphatic carbocycles. The minimum Gasteiger partial charge on any atom is -0.326 e. The summed E-state index contributed by atoms with van der Waals surface area (Å²) >= 11 is 0. The third-order valence-corrected chi connectivity index (χ3v) is 6.43. The highest BCUT2D eigenvalue weighted by atomic mass is 16.1. The molecule has 1 amide bonds. The highest BCUT2D eigenvalue weighted by Gasteiger charge is 2.41. The van der Waals surface area contributed by atoms with E-state index in [1.807, 2.05) is 12.1 Å². The van der Waals surface area contributed by atoms with Crippen LogP contribution >= 0.6 is 0 Å². The Morgan fingerprint density at radius 2 is 1.69 bits per heavy atom. The summed E-state index contributed by atoms with van der Waals surface area (Å²) in [5.74, 6) is -0.0215. The van der Waals surface area contributed by atoms with Crippen molar-refractivity contribution in [2.45, 2.75) is 46.2 Å². The lowest BCUT2D eigenvalue weighted by atomic mass is 9.79. The summed E-state index contributed by atoms with van der Waals surface area (Å²) in [5.41, 5.74) is 5.45. The van der Waals surface area contributed by atoms with Crippen LogP contribution in [0.2, 0.25) is 0 Å². The average molecular weight is 392 g/mol. The minimum absolute atomic E-state index is 0.0215. The number of hydrogen-bond donors (Lipinski definition) is 1. The molecule has 1 spiro atoms. The van der Waals surface area contributed by atoms with E-state index in [1.54, 1.807) is 6.92 Å². The Kier molecular flexibility index (Phi) is 6.02. The number of benzene rings is 2. The summed E-state index contributed by atoms with van der Waals surface area (Å²) in [6.07, 6.45) is 3.97. The first-order valence-corrected chi connectivity index (χ1v) is 10.9. The highest BCUT2D eigenvalue weighted by Crippen LogP contribution is 2.39. The van der Waals surface area contributed by atoms with E-state index in [1.165, 1.54) is 62.1 Å². The standard InChI is InChI=1S/C25H33N3O/c1-20-5-3-6-23(15-20)17-27-13-4-11-25(18-27)12-14-28(19-25)16-22-7-9-24(10-8-22)26-21(2)29/h3,5-10,15H,4,11-14,16-19H2,1-2H3,(H,26,29). The fourth-order valence-electron chi connectivity index (χ4n) is 5.16.